The summed E-state index contributed by atoms with van der Waals surface area (Å²) in [5.41, 5.74) is 6.07. The molecule has 1 saturated carbocycles. The zero-order chi connectivity index (χ0) is 13.8. The number of nitrogens with two attached hydrogens (primary N) is 1. The quantitative estimate of drug-likeness (QED) is 0.835. The van der Waals surface area contributed by atoms with Crippen LogP contribution in [-0.4, -0.2) is 29.4 Å². The summed E-state index contributed by atoms with van der Waals surface area (Å²) in [5.74, 6) is 1.05. The van der Waals surface area contributed by atoms with Gasteiger partial charge in [0.15, 0.2) is 0 Å². The minimum absolute atomic E-state index is 0.159. The van der Waals surface area contributed by atoms with Crippen LogP contribution in [0.3, 0.4) is 0 Å². The van der Waals surface area contributed by atoms with Crippen LogP contribution in [0, 0.1) is 11.8 Å². The van der Waals surface area contributed by atoms with E-state index in [9.17, 15) is 4.79 Å². The summed E-state index contributed by atoms with van der Waals surface area (Å²) in [7, 11) is 0. The monoisotopic (exact) mass is 266 g/mol. The van der Waals surface area contributed by atoms with E-state index >= 15 is 0 Å². The van der Waals surface area contributed by atoms with Crippen LogP contribution in [0.15, 0.2) is 0 Å². The Morgan fingerprint density at radius 3 is 2.68 bits per heavy atom. The third-order valence-corrected chi connectivity index (χ3v) is 5.19. The van der Waals surface area contributed by atoms with Gasteiger partial charge in [-0.3, -0.25) is 4.79 Å². The predicted octanol–water partition coefficient (Wildman–Crippen LogP) is 2.93. The van der Waals surface area contributed by atoms with Crippen molar-refractivity contribution in [3.05, 3.63) is 0 Å². The van der Waals surface area contributed by atoms with Crippen molar-refractivity contribution in [2.24, 2.45) is 17.6 Å². The standard InChI is InChI=1S/C16H30N2O/c1-12-7-4-3-5-10-18(12)16(19)13(2)14-8-6-9-15(17)11-14/h12-15H,3-11,17H2,1-2H3. The number of carbonyl (C=O) groups excluding carboxylic acids is 1. The molecule has 4 unspecified atom stereocenters. The van der Waals surface area contributed by atoms with Crippen molar-refractivity contribution in [2.75, 3.05) is 6.54 Å². The highest BCUT2D eigenvalue weighted by Crippen LogP contribution is 2.31. The predicted molar refractivity (Wildman–Crippen MR) is 78.7 cm³/mol. The second-order valence-corrected chi connectivity index (χ2v) is 6.71. The lowest BCUT2D eigenvalue weighted by Gasteiger charge is -2.35. The molecule has 0 bridgehead atoms. The van der Waals surface area contributed by atoms with Crippen LogP contribution >= 0.6 is 0 Å². The minimum Gasteiger partial charge on any atom is -0.340 e. The zero-order valence-electron chi connectivity index (χ0n) is 12.6. The number of hydrogen-bond donors (Lipinski definition) is 1. The Morgan fingerprint density at radius 2 is 1.95 bits per heavy atom. The Balaban J connectivity index is 1.96. The number of nitrogens with zero attached hydrogens (tertiary/aromatic N) is 1. The van der Waals surface area contributed by atoms with Crippen molar-refractivity contribution >= 4 is 5.91 Å². The van der Waals surface area contributed by atoms with E-state index in [0.717, 1.165) is 19.4 Å². The van der Waals surface area contributed by atoms with E-state index in [0.29, 0.717) is 23.9 Å². The summed E-state index contributed by atoms with van der Waals surface area (Å²) in [6.45, 7) is 5.30. The van der Waals surface area contributed by atoms with Crippen LogP contribution in [0.5, 0.6) is 0 Å². The molecule has 1 amide bonds. The molecule has 0 aromatic carbocycles. The molecular weight excluding hydrogens is 236 g/mol. The van der Waals surface area contributed by atoms with Crippen LogP contribution in [0.4, 0.5) is 0 Å². The number of likely N-dealkylation sites (tertiary alicyclic amines) is 1. The molecular formula is C16H30N2O. The van der Waals surface area contributed by atoms with Gasteiger partial charge in [0.05, 0.1) is 0 Å². The van der Waals surface area contributed by atoms with Crippen molar-refractivity contribution in [2.45, 2.75) is 77.3 Å². The largest absolute Gasteiger partial charge is 0.340 e. The smallest absolute Gasteiger partial charge is 0.225 e. The lowest BCUT2D eigenvalue weighted by Crippen LogP contribution is -2.44. The normalized spacial score (nSPS) is 34.7. The molecule has 0 aromatic heterocycles. The van der Waals surface area contributed by atoms with Crippen molar-refractivity contribution < 1.29 is 4.79 Å². The van der Waals surface area contributed by atoms with Crippen LogP contribution < -0.4 is 5.73 Å². The lowest BCUT2D eigenvalue weighted by atomic mass is 9.78. The summed E-state index contributed by atoms with van der Waals surface area (Å²) in [6, 6.07) is 0.741. The van der Waals surface area contributed by atoms with E-state index in [-0.39, 0.29) is 5.92 Å². The van der Waals surface area contributed by atoms with Crippen LogP contribution in [0.25, 0.3) is 0 Å². The third kappa shape index (κ3) is 3.71. The number of amides is 1. The Kier molecular flexibility index (Phi) is 5.26. The average molecular weight is 266 g/mol. The van der Waals surface area contributed by atoms with Crippen LogP contribution in [-0.2, 0) is 4.79 Å². The van der Waals surface area contributed by atoms with Gasteiger partial charge in [0.25, 0.3) is 0 Å². The summed E-state index contributed by atoms with van der Waals surface area (Å²) in [4.78, 5) is 14.9. The lowest BCUT2D eigenvalue weighted by molar-refractivity contribution is -0.139. The molecule has 2 rings (SSSR count). The van der Waals surface area contributed by atoms with E-state index in [1.165, 1.54) is 38.5 Å². The highest BCUT2D eigenvalue weighted by atomic mass is 16.2. The van der Waals surface area contributed by atoms with Gasteiger partial charge in [-0.25, -0.2) is 0 Å². The summed E-state index contributed by atoms with van der Waals surface area (Å²) < 4.78 is 0. The van der Waals surface area contributed by atoms with Gasteiger partial charge in [-0.2, -0.15) is 0 Å². The molecule has 1 saturated heterocycles. The molecule has 1 aliphatic heterocycles. The summed E-state index contributed by atoms with van der Waals surface area (Å²) in [6.07, 6.45) is 9.44. The van der Waals surface area contributed by atoms with Gasteiger partial charge in [0.1, 0.15) is 0 Å². The van der Waals surface area contributed by atoms with Crippen molar-refractivity contribution in [3.8, 4) is 0 Å². The first-order valence-corrected chi connectivity index (χ1v) is 8.15. The minimum atomic E-state index is 0.159. The summed E-state index contributed by atoms with van der Waals surface area (Å²) >= 11 is 0. The molecule has 1 aliphatic carbocycles. The number of carbonyl (C=O) groups is 1. The first-order chi connectivity index (χ1) is 9.09. The first kappa shape index (κ1) is 14.8. The van der Waals surface area contributed by atoms with Gasteiger partial charge < -0.3 is 10.6 Å². The zero-order valence-corrected chi connectivity index (χ0v) is 12.6. The maximum atomic E-state index is 12.8. The molecule has 0 spiro atoms. The molecule has 4 atom stereocenters. The van der Waals surface area contributed by atoms with E-state index in [2.05, 4.69) is 18.7 Å². The Morgan fingerprint density at radius 1 is 1.16 bits per heavy atom. The topological polar surface area (TPSA) is 46.3 Å². The van der Waals surface area contributed by atoms with Crippen molar-refractivity contribution in [1.29, 1.82) is 0 Å². The molecule has 2 fully saturated rings. The van der Waals surface area contributed by atoms with Crippen molar-refractivity contribution in [3.63, 3.8) is 0 Å². The molecule has 110 valence electrons. The number of rotatable bonds is 2. The molecule has 2 aliphatic rings. The molecule has 19 heavy (non-hydrogen) atoms. The van der Waals surface area contributed by atoms with Gasteiger partial charge >= 0.3 is 0 Å². The maximum absolute atomic E-state index is 12.8. The second-order valence-electron chi connectivity index (χ2n) is 6.71. The van der Waals surface area contributed by atoms with Crippen LogP contribution in [0.2, 0.25) is 0 Å². The second kappa shape index (κ2) is 6.74. The van der Waals surface area contributed by atoms with Gasteiger partial charge in [-0.15, -0.1) is 0 Å². The van der Waals surface area contributed by atoms with Gasteiger partial charge in [-0.1, -0.05) is 26.2 Å². The molecule has 0 aromatic rings. The fourth-order valence-corrected chi connectivity index (χ4v) is 3.79. The van der Waals surface area contributed by atoms with Crippen LogP contribution in [0.1, 0.15) is 65.2 Å². The molecule has 3 nitrogen and oxygen atoms in total. The third-order valence-electron chi connectivity index (χ3n) is 5.19. The molecule has 0 radical (unpaired) electrons. The van der Waals surface area contributed by atoms with Gasteiger partial charge in [-0.05, 0) is 44.9 Å². The van der Waals surface area contributed by atoms with E-state index in [1.54, 1.807) is 0 Å². The van der Waals surface area contributed by atoms with E-state index in [4.69, 9.17) is 5.73 Å². The Labute approximate surface area is 117 Å². The average Bonchev–Trinajstić information content (AvgIpc) is 2.62. The van der Waals surface area contributed by atoms with Gasteiger partial charge in [0.2, 0.25) is 5.91 Å². The number of hydrogen-bond acceptors (Lipinski definition) is 2. The Hall–Kier alpha value is -0.570. The highest BCUT2D eigenvalue weighted by molar-refractivity contribution is 5.79. The Bertz CT molecular complexity index is 305. The molecule has 3 heteroatoms. The SMILES string of the molecule is CC(C(=O)N1CCCCCC1C)C1CCCC(N)C1. The van der Waals surface area contributed by atoms with E-state index in [1.807, 2.05) is 0 Å². The van der Waals surface area contributed by atoms with E-state index < -0.39 is 0 Å². The molecule has 2 N–H and O–H groups in total. The van der Waals surface area contributed by atoms with Gasteiger partial charge in [0, 0.05) is 24.5 Å². The highest BCUT2D eigenvalue weighted by Gasteiger charge is 2.32. The fourth-order valence-electron chi connectivity index (χ4n) is 3.79. The first-order valence-electron chi connectivity index (χ1n) is 8.15. The molecule has 1 heterocycles. The maximum Gasteiger partial charge on any atom is 0.225 e. The van der Waals surface area contributed by atoms with Crippen molar-refractivity contribution in [1.82, 2.24) is 4.90 Å². The fraction of sp³-hybridized carbons (Fsp3) is 0.938. The summed E-state index contributed by atoms with van der Waals surface area (Å²) in [5, 5.41) is 0.